The van der Waals surface area contributed by atoms with E-state index in [0.717, 1.165) is 0 Å². The second-order valence-corrected chi connectivity index (χ2v) is 7.03. The summed E-state index contributed by atoms with van der Waals surface area (Å²) in [6.45, 7) is 1.75. The molecule has 0 aliphatic heterocycles. The van der Waals surface area contributed by atoms with Gasteiger partial charge < -0.3 is 0 Å². The van der Waals surface area contributed by atoms with Gasteiger partial charge in [-0.15, -0.1) is 0 Å². The molecule has 0 saturated carbocycles. The first-order chi connectivity index (χ1) is 10.3. The predicted molar refractivity (Wildman–Crippen MR) is 80.9 cm³/mol. The number of nitriles is 1. The zero-order valence-corrected chi connectivity index (χ0v) is 13.1. The lowest BCUT2D eigenvalue weighted by Gasteiger charge is -2.17. The lowest BCUT2D eigenvalue weighted by atomic mass is 10.1. The smallest absolute Gasteiger partial charge is 0.207 e. The molecule has 0 saturated heterocycles. The van der Waals surface area contributed by atoms with Crippen molar-refractivity contribution in [1.82, 2.24) is 4.31 Å². The molecule has 0 unspecified atom stereocenters. The maximum absolute atomic E-state index is 13.3. The van der Waals surface area contributed by atoms with Crippen LogP contribution in [0.2, 0.25) is 0 Å². The highest BCUT2D eigenvalue weighted by atomic mass is 32.2. The Labute approximate surface area is 129 Å². The second-order valence-electron chi connectivity index (χ2n) is 4.98. The van der Waals surface area contributed by atoms with Crippen molar-refractivity contribution in [3.63, 3.8) is 0 Å². The third-order valence-corrected chi connectivity index (χ3v) is 5.10. The highest BCUT2D eigenvalue weighted by Crippen LogP contribution is 2.19. The molecule has 0 heterocycles. The van der Waals surface area contributed by atoms with Crippen LogP contribution >= 0.6 is 0 Å². The minimum atomic E-state index is -3.70. The second kappa shape index (κ2) is 6.26. The molecule has 0 aromatic heterocycles. The fourth-order valence-corrected chi connectivity index (χ4v) is 3.26. The molecule has 0 N–H and O–H groups in total. The molecular formula is C16H15FN2O2S. The number of aryl methyl sites for hydroxylation is 1. The molecule has 114 valence electrons. The van der Waals surface area contributed by atoms with E-state index in [0.29, 0.717) is 11.1 Å². The summed E-state index contributed by atoms with van der Waals surface area (Å²) in [4.78, 5) is 0.0629. The van der Waals surface area contributed by atoms with E-state index in [4.69, 9.17) is 5.26 Å². The zero-order chi connectivity index (χ0) is 16.3. The molecule has 0 bridgehead atoms. The number of sulfonamides is 1. The van der Waals surface area contributed by atoms with Gasteiger partial charge in [0.25, 0.3) is 0 Å². The Morgan fingerprint density at radius 3 is 2.59 bits per heavy atom. The summed E-state index contributed by atoms with van der Waals surface area (Å²) in [5, 5.41) is 8.86. The first-order valence-electron chi connectivity index (χ1n) is 6.56. The SMILES string of the molecule is Cc1cc(CN(C)S(=O)(=O)c2cccc(C#N)c2)ccc1F. The van der Waals surface area contributed by atoms with Crippen LogP contribution in [0.15, 0.2) is 47.4 Å². The van der Waals surface area contributed by atoms with Gasteiger partial charge in [-0.2, -0.15) is 9.57 Å². The van der Waals surface area contributed by atoms with Gasteiger partial charge in [0.1, 0.15) is 5.82 Å². The van der Waals surface area contributed by atoms with Crippen molar-refractivity contribution in [2.75, 3.05) is 7.05 Å². The summed E-state index contributed by atoms with van der Waals surface area (Å²) in [7, 11) is -2.25. The van der Waals surface area contributed by atoms with Gasteiger partial charge in [-0.25, -0.2) is 12.8 Å². The van der Waals surface area contributed by atoms with E-state index in [1.807, 2.05) is 6.07 Å². The van der Waals surface area contributed by atoms with Crippen LogP contribution in [0.5, 0.6) is 0 Å². The van der Waals surface area contributed by atoms with Gasteiger partial charge in [0, 0.05) is 13.6 Å². The summed E-state index contributed by atoms with van der Waals surface area (Å²) < 4.78 is 39.4. The Hall–Kier alpha value is -2.23. The topological polar surface area (TPSA) is 61.2 Å². The highest BCUT2D eigenvalue weighted by Gasteiger charge is 2.21. The molecule has 0 radical (unpaired) electrons. The quantitative estimate of drug-likeness (QED) is 0.871. The summed E-state index contributed by atoms with van der Waals surface area (Å²) >= 11 is 0. The summed E-state index contributed by atoms with van der Waals surface area (Å²) in [6, 6.07) is 12.3. The van der Waals surface area contributed by atoms with Crippen LogP contribution in [0.1, 0.15) is 16.7 Å². The van der Waals surface area contributed by atoms with Crippen LogP contribution in [-0.2, 0) is 16.6 Å². The highest BCUT2D eigenvalue weighted by molar-refractivity contribution is 7.89. The van der Waals surface area contributed by atoms with E-state index < -0.39 is 10.0 Å². The number of benzene rings is 2. The van der Waals surface area contributed by atoms with Gasteiger partial charge in [0.2, 0.25) is 10.0 Å². The maximum atomic E-state index is 13.3. The van der Waals surface area contributed by atoms with Crippen molar-refractivity contribution in [3.05, 3.63) is 65.0 Å². The summed E-state index contributed by atoms with van der Waals surface area (Å²) in [5.74, 6) is -0.323. The van der Waals surface area contributed by atoms with E-state index >= 15 is 0 Å². The van der Waals surface area contributed by atoms with Gasteiger partial charge in [-0.3, -0.25) is 0 Å². The van der Waals surface area contributed by atoms with E-state index in [-0.39, 0.29) is 22.8 Å². The van der Waals surface area contributed by atoms with Crippen molar-refractivity contribution in [2.24, 2.45) is 0 Å². The predicted octanol–water partition coefficient (Wildman–Crippen LogP) is 2.83. The third kappa shape index (κ3) is 3.32. The van der Waals surface area contributed by atoms with Crippen LogP contribution in [0.3, 0.4) is 0 Å². The largest absolute Gasteiger partial charge is 0.243 e. The standard InChI is InChI=1S/C16H15FN2O2S/c1-12-8-14(6-7-16(12)17)11-19(2)22(20,21)15-5-3-4-13(9-15)10-18/h3-9H,11H2,1-2H3. The summed E-state index contributed by atoms with van der Waals surface area (Å²) in [5.41, 5.74) is 1.45. The van der Waals surface area contributed by atoms with Crippen molar-refractivity contribution < 1.29 is 12.8 Å². The normalized spacial score (nSPS) is 11.4. The molecule has 2 aromatic rings. The molecule has 0 atom stereocenters. The number of rotatable bonds is 4. The van der Waals surface area contributed by atoms with E-state index in [1.54, 1.807) is 25.1 Å². The molecule has 0 amide bonds. The molecule has 2 aromatic carbocycles. The van der Waals surface area contributed by atoms with Gasteiger partial charge >= 0.3 is 0 Å². The van der Waals surface area contributed by atoms with Gasteiger partial charge in [-0.05, 0) is 42.3 Å². The molecule has 2 rings (SSSR count). The molecule has 0 aliphatic rings. The Morgan fingerprint density at radius 1 is 1.23 bits per heavy atom. The van der Waals surface area contributed by atoms with E-state index in [2.05, 4.69) is 0 Å². The van der Waals surface area contributed by atoms with Crippen molar-refractivity contribution in [2.45, 2.75) is 18.4 Å². The minimum Gasteiger partial charge on any atom is -0.207 e. The number of halogens is 1. The fourth-order valence-electron chi connectivity index (χ4n) is 2.05. The average molecular weight is 318 g/mol. The summed E-state index contributed by atoms with van der Waals surface area (Å²) in [6.07, 6.45) is 0. The lowest BCUT2D eigenvalue weighted by Crippen LogP contribution is -2.26. The molecule has 4 nitrogen and oxygen atoms in total. The molecular weight excluding hydrogens is 303 g/mol. The first-order valence-corrected chi connectivity index (χ1v) is 8.00. The van der Waals surface area contributed by atoms with Gasteiger partial charge in [-0.1, -0.05) is 18.2 Å². The fraction of sp³-hybridized carbons (Fsp3) is 0.188. The molecule has 22 heavy (non-hydrogen) atoms. The van der Waals surface area contributed by atoms with Crippen LogP contribution < -0.4 is 0 Å². The molecule has 0 fully saturated rings. The van der Waals surface area contributed by atoms with E-state index in [1.165, 1.54) is 35.6 Å². The van der Waals surface area contributed by atoms with Crippen molar-refractivity contribution in [3.8, 4) is 6.07 Å². The zero-order valence-electron chi connectivity index (χ0n) is 12.2. The van der Waals surface area contributed by atoms with Crippen LogP contribution in [-0.4, -0.2) is 19.8 Å². The van der Waals surface area contributed by atoms with Crippen LogP contribution in [0.4, 0.5) is 4.39 Å². The third-order valence-electron chi connectivity index (χ3n) is 3.30. The molecule has 0 aliphatic carbocycles. The van der Waals surface area contributed by atoms with Crippen molar-refractivity contribution in [1.29, 1.82) is 5.26 Å². The molecule has 6 heteroatoms. The van der Waals surface area contributed by atoms with Gasteiger partial charge in [0.15, 0.2) is 0 Å². The van der Waals surface area contributed by atoms with Crippen LogP contribution in [0, 0.1) is 24.1 Å². The Kier molecular flexibility index (Phi) is 4.59. The van der Waals surface area contributed by atoms with Crippen molar-refractivity contribution >= 4 is 10.0 Å². The van der Waals surface area contributed by atoms with Gasteiger partial charge in [0.05, 0.1) is 16.5 Å². The monoisotopic (exact) mass is 318 g/mol. The molecule has 0 spiro atoms. The number of hydrogen-bond donors (Lipinski definition) is 0. The van der Waals surface area contributed by atoms with Crippen LogP contribution in [0.25, 0.3) is 0 Å². The van der Waals surface area contributed by atoms with E-state index in [9.17, 15) is 12.8 Å². The Morgan fingerprint density at radius 2 is 1.95 bits per heavy atom. The lowest BCUT2D eigenvalue weighted by molar-refractivity contribution is 0.466. The maximum Gasteiger partial charge on any atom is 0.243 e. The minimum absolute atomic E-state index is 0.0629. The Bertz CT molecular complexity index is 841. The average Bonchev–Trinajstić information content (AvgIpc) is 2.51. The number of hydrogen-bond acceptors (Lipinski definition) is 3. The Balaban J connectivity index is 2.28. The first kappa shape index (κ1) is 16.1. The number of nitrogens with zero attached hydrogens (tertiary/aromatic N) is 2.